The fourth-order valence-electron chi connectivity index (χ4n) is 2.15. The molecule has 0 amide bonds. The van der Waals surface area contributed by atoms with Gasteiger partial charge in [-0.05, 0) is 30.0 Å². The van der Waals surface area contributed by atoms with Crippen molar-refractivity contribution in [1.29, 1.82) is 0 Å². The number of aliphatic hydroxyl groups is 1. The molecule has 0 aromatic heterocycles. The first kappa shape index (κ1) is 10.7. The van der Waals surface area contributed by atoms with Crippen molar-refractivity contribution in [3.63, 3.8) is 0 Å². The summed E-state index contributed by atoms with van der Waals surface area (Å²) in [6.45, 7) is 0.216. The normalized spacial score (nSPS) is 19.2. The average Bonchev–Trinajstić information content (AvgIpc) is 3.02. The first-order valence-corrected chi connectivity index (χ1v) is 5.93. The van der Waals surface area contributed by atoms with E-state index in [9.17, 15) is 5.11 Å². The Kier molecular flexibility index (Phi) is 2.59. The van der Waals surface area contributed by atoms with Gasteiger partial charge in [-0.2, -0.15) is 0 Å². The van der Waals surface area contributed by atoms with Crippen LogP contribution in [0, 0.1) is 5.92 Å². The van der Waals surface area contributed by atoms with E-state index in [-0.39, 0.29) is 6.79 Å². The van der Waals surface area contributed by atoms with Gasteiger partial charge in [0.25, 0.3) is 0 Å². The Hall–Kier alpha value is -1.42. The number of benzene rings is 1. The molecular weight excluding hydrogens is 220 g/mol. The average molecular weight is 236 g/mol. The fraction of sp³-hybridized carbons (Fsp3) is 0.538. The van der Waals surface area contributed by atoms with Crippen molar-refractivity contribution in [2.24, 2.45) is 5.92 Å². The zero-order valence-electron chi connectivity index (χ0n) is 9.81. The molecule has 4 nitrogen and oxygen atoms in total. The summed E-state index contributed by atoms with van der Waals surface area (Å²) in [6.07, 6.45) is 2.85. The van der Waals surface area contributed by atoms with Gasteiger partial charge in [-0.15, -0.1) is 0 Å². The molecule has 1 aromatic rings. The number of ether oxygens (including phenoxy) is 3. The van der Waals surface area contributed by atoms with Crippen molar-refractivity contribution in [2.75, 3.05) is 13.9 Å². The van der Waals surface area contributed by atoms with Crippen molar-refractivity contribution in [1.82, 2.24) is 0 Å². The zero-order chi connectivity index (χ0) is 11.8. The lowest BCUT2D eigenvalue weighted by atomic mass is 10.0. The van der Waals surface area contributed by atoms with Crippen LogP contribution in [-0.4, -0.2) is 19.0 Å². The summed E-state index contributed by atoms with van der Waals surface area (Å²) in [5.41, 5.74) is 0.845. The quantitative estimate of drug-likeness (QED) is 0.871. The van der Waals surface area contributed by atoms with Crippen LogP contribution in [0.15, 0.2) is 12.1 Å². The number of hydrogen-bond acceptors (Lipinski definition) is 4. The van der Waals surface area contributed by atoms with E-state index in [4.69, 9.17) is 14.2 Å². The van der Waals surface area contributed by atoms with Crippen LogP contribution in [0.25, 0.3) is 0 Å². The third-order valence-electron chi connectivity index (χ3n) is 3.32. The number of rotatable bonds is 4. The SMILES string of the molecule is COc1cc(C(O)CC2CC2)cc2c1OCO2. The van der Waals surface area contributed by atoms with Crippen LogP contribution in [-0.2, 0) is 0 Å². The second-order valence-electron chi connectivity index (χ2n) is 4.65. The maximum atomic E-state index is 10.1. The zero-order valence-corrected chi connectivity index (χ0v) is 9.81. The van der Waals surface area contributed by atoms with E-state index >= 15 is 0 Å². The van der Waals surface area contributed by atoms with Crippen molar-refractivity contribution >= 4 is 0 Å². The molecule has 1 aliphatic carbocycles. The Morgan fingerprint density at radius 2 is 2.24 bits per heavy atom. The summed E-state index contributed by atoms with van der Waals surface area (Å²) < 4.78 is 15.9. The van der Waals surface area contributed by atoms with E-state index in [2.05, 4.69) is 0 Å². The summed E-state index contributed by atoms with van der Waals surface area (Å²) in [5, 5.41) is 10.1. The topological polar surface area (TPSA) is 47.9 Å². The number of fused-ring (bicyclic) bond motifs is 1. The highest BCUT2D eigenvalue weighted by Crippen LogP contribution is 2.45. The van der Waals surface area contributed by atoms with Gasteiger partial charge in [0, 0.05) is 0 Å². The van der Waals surface area contributed by atoms with Gasteiger partial charge in [-0.25, -0.2) is 0 Å². The molecule has 0 radical (unpaired) electrons. The molecule has 17 heavy (non-hydrogen) atoms. The van der Waals surface area contributed by atoms with E-state index in [0.29, 0.717) is 23.2 Å². The molecule has 3 rings (SSSR count). The van der Waals surface area contributed by atoms with E-state index in [1.54, 1.807) is 7.11 Å². The van der Waals surface area contributed by atoms with Crippen molar-refractivity contribution < 1.29 is 19.3 Å². The number of aliphatic hydroxyl groups excluding tert-OH is 1. The largest absolute Gasteiger partial charge is 0.493 e. The van der Waals surface area contributed by atoms with Gasteiger partial charge in [0.2, 0.25) is 12.5 Å². The third-order valence-corrected chi connectivity index (χ3v) is 3.32. The fourth-order valence-corrected chi connectivity index (χ4v) is 2.15. The predicted octanol–water partition coefficient (Wildman–Crippen LogP) is 2.26. The molecule has 1 N–H and O–H groups in total. The Morgan fingerprint density at radius 3 is 2.94 bits per heavy atom. The van der Waals surface area contributed by atoms with Crippen LogP contribution in [0.5, 0.6) is 17.2 Å². The molecule has 2 aliphatic rings. The molecule has 1 saturated carbocycles. The van der Waals surface area contributed by atoms with E-state index in [0.717, 1.165) is 12.0 Å². The minimum Gasteiger partial charge on any atom is -0.493 e. The lowest BCUT2D eigenvalue weighted by Crippen LogP contribution is -1.99. The van der Waals surface area contributed by atoms with Crippen molar-refractivity contribution in [3.8, 4) is 17.2 Å². The van der Waals surface area contributed by atoms with Gasteiger partial charge in [0.15, 0.2) is 11.5 Å². The van der Waals surface area contributed by atoms with Crippen LogP contribution in [0.4, 0.5) is 0 Å². The highest BCUT2D eigenvalue weighted by molar-refractivity contribution is 5.55. The third kappa shape index (κ3) is 2.05. The van der Waals surface area contributed by atoms with Gasteiger partial charge >= 0.3 is 0 Å². The van der Waals surface area contributed by atoms with E-state index in [1.165, 1.54) is 12.8 Å². The number of hydrogen-bond donors (Lipinski definition) is 1. The summed E-state index contributed by atoms with van der Waals surface area (Å²) in [7, 11) is 1.59. The van der Waals surface area contributed by atoms with Crippen LogP contribution in [0.1, 0.15) is 30.9 Å². The molecule has 1 fully saturated rings. The predicted molar refractivity (Wildman–Crippen MR) is 61.4 cm³/mol. The summed E-state index contributed by atoms with van der Waals surface area (Å²) in [4.78, 5) is 0. The van der Waals surface area contributed by atoms with Crippen LogP contribution in [0.2, 0.25) is 0 Å². The van der Waals surface area contributed by atoms with Gasteiger partial charge < -0.3 is 19.3 Å². The van der Waals surface area contributed by atoms with Crippen molar-refractivity contribution in [3.05, 3.63) is 17.7 Å². The van der Waals surface area contributed by atoms with E-state index in [1.807, 2.05) is 12.1 Å². The smallest absolute Gasteiger partial charge is 0.231 e. The highest BCUT2D eigenvalue weighted by atomic mass is 16.7. The first-order valence-electron chi connectivity index (χ1n) is 5.93. The Bertz CT molecular complexity index is 426. The van der Waals surface area contributed by atoms with Gasteiger partial charge in [-0.1, -0.05) is 12.8 Å². The minimum absolute atomic E-state index is 0.216. The maximum absolute atomic E-state index is 10.1. The molecule has 1 aromatic carbocycles. The molecule has 0 spiro atoms. The summed E-state index contributed by atoms with van der Waals surface area (Å²) in [6, 6.07) is 3.68. The van der Waals surface area contributed by atoms with Gasteiger partial charge in [0.1, 0.15) is 0 Å². The molecule has 0 saturated heterocycles. The molecule has 1 aliphatic heterocycles. The molecule has 92 valence electrons. The Morgan fingerprint density at radius 1 is 1.41 bits per heavy atom. The number of methoxy groups -OCH3 is 1. The van der Waals surface area contributed by atoms with Crippen LogP contribution < -0.4 is 14.2 Å². The summed E-state index contributed by atoms with van der Waals surface area (Å²) in [5.74, 6) is 2.61. The molecule has 1 unspecified atom stereocenters. The molecule has 1 atom stereocenters. The first-order chi connectivity index (χ1) is 8.28. The standard InChI is InChI=1S/C13H16O4/c1-15-11-5-9(10(14)4-8-2-3-8)6-12-13(11)17-7-16-12/h5-6,8,10,14H,2-4,7H2,1H3. The van der Waals surface area contributed by atoms with Crippen LogP contribution >= 0.6 is 0 Å². The van der Waals surface area contributed by atoms with Crippen molar-refractivity contribution in [2.45, 2.75) is 25.4 Å². The molecular formula is C13H16O4. The van der Waals surface area contributed by atoms with Crippen LogP contribution in [0.3, 0.4) is 0 Å². The maximum Gasteiger partial charge on any atom is 0.231 e. The molecule has 1 heterocycles. The second-order valence-corrected chi connectivity index (χ2v) is 4.65. The lowest BCUT2D eigenvalue weighted by Gasteiger charge is -2.13. The Labute approximate surface area is 100 Å². The molecule has 0 bridgehead atoms. The molecule has 4 heteroatoms. The minimum atomic E-state index is -0.439. The van der Waals surface area contributed by atoms with E-state index < -0.39 is 6.10 Å². The lowest BCUT2D eigenvalue weighted by molar-refractivity contribution is 0.159. The monoisotopic (exact) mass is 236 g/mol. The van der Waals surface area contributed by atoms with Gasteiger partial charge in [-0.3, -0.25) is 0 Å². The highest BCUT2D eigenvalue weighted by Gasteiger charge is 2.27. The Balaban J connectivity index is 1.88. The van der Waals surface area contributed by atoms with Gasteiger partial charge in [0.05, 0.1) is 13.2 Å². The second kappa shape index (κ2) is 4.11. The summed E-state index contributed by atoms with van der Waals surface area (Å²) >= 11 is 0.